The molecule has 152 valence electrons. The van der Waals surface area contributed by atoms with Gasteiger partial charge in [0.25, 0.3) is 0 Å². The summed E-state index contributed by atoms with van der Waals surface area (Å²) in [4.78, 5) is 11.9. The maximum atomic E-state index is 11.9. The molecule has 2 heteroatoms. The van der Waals surface area contributed by atoms with Gasteiger partial charge in [0.1, 0.15) is 0 Å². The normalized spacial score (nSPS) is 36.6. The third kappa shape index (κ3) is 2.91. The SMILES string of the molecule is CCC12CCC3=C4CCC(=O)C=C4CCC3C1CC[C@@]2(O)/C=C/c1ccccc1. The van der Waals surface area contributed by atoms with E-state index in [1.165, 1.54) is 11.1 Å². The van der Waals surface area contributed by atoms with Crippen LogP contribution < -0.4 is 0 Å². The van der Waals surface area contributed by atoms with E-state index in [0.29, 0.717) is 24.0 Å². The summed E-state index contributed by atoms with van der Waals surface area (Å²) in [6, 6.07) is 10.4. The van der Waals surface area contributed by atoms with E-state index in [1.807, 2.05) is 12.1 Å². The monoisotopic (exact) mass is 388 g/mol. The average Bonchev–Trinajstić information content (AvgIpc) is 3.06. The van der Waals surface area contributed by atoms with Gasteiger partial charge < -0.3 is 5.11 Å². The highest BCUT2D eigenvalue weighted by Gasteiger charge is 2.61. The molecule has 4 aliphatic carbocycles. The lowest BCUT2D eigenvalue weighted by atomic mass is 9.53. The van der Waals surface area contributed by atoms with Crippen molar-refractivity contribution in [3.05, 3.63) is 64.8 Å². The molecule has 4 aliphatic rings. The Labute approximate surface area is 174 Å². The summed E-state index contributed by atoms with van der Waals surface area (Å²) in [5.74, 6) is 1.47. The van der Waals surface area contributed by atoms with Gasteiger partial charge in [-0.05, 0) is 86.0 Å². The van der Waals surface area contributed by atoms with Crippen molar-refractivity contribution in [3.63, 3.8) is 0 Å². The third-order valence-electron chi connectivity index (χ3n) is 8.62. The van der Waals surface area contributed by atoms with Crippen LogP contribution in [0.2, 0.25) is 0 Å². The fourth-order valence-electron chi connectivity index (χ4n) is 7.20. The Morgan fingerprint density at radius 3 is 2.69 bits per heavy atom. The van der Waals surface area contributed by atoms with E-state index < -0.39 is 5.60 Å². The van der Waals surface area contributed by atoms with Crippen LogP contribution in [0.3, 0.4) is 0 Å². The van der Waals surface area contributed by atoms with Crippen molar-refractivity contribution in [3.8, 4) is 0 Å². The summed E-state index contributed by atoms with van der Waals surface area (Å²) in [6.45, 7) is 2.28. The van der Waals surface area contributed by atoms with Gasteiger partial charge in [0.15, 0.2) is 5.78 Å². The molecular weight excluding hydrogens is 356 g/mol. The first-order valence-corrected chi connectivity index (χ1v) is 11.5. The number of hydrogen-bond donors (Lipinski definition) is 1. The van der Waals surface area contributed by atoms with Crippen LogP contribution in [0.1, 0.15) is 70.3 Å². The van der Waals surface area contributed by atoms with Crippen LogP contribution in [-0.2, 0) is 4.79 Å². The van der Waals surface area contributed by atoms with Crippen molar-refractivity contribution < 1.29 is 9.90 Å². The zero-order valence-corrected chi connectivity index (χ0v) is 17.5. The molecule has 2 saturated carbocycles. The second kappa shape index (κ2) is 7.09. The summed E-state index contributed by atoms with van der Waals surface area (Å²) in [7, 11) is 0. The number of benzene rings is 1. The second-order valence-corrected chi connectivity index (χ2v) is 9.61. The van der Waals surface area contributed by atoms with Crippen LogP contribution in [0, 0.1) is 17.3 Å². The third-order valence-corrected chi connectivity index (χ3v) is 8.62. The zero-order valence-electron chi connectivity index (χ0n) is 17.5. The Morgan fingerprint density at radius 1 is 1.07 bits per heavy atom. The molecule has 0 aliphatic heterocycles. The van der Waals surface area contributed by atoms with Crippen molar-refractivity contribution in [2.75, 3.05) is 0 Å². The Hall–Kier alpha value is -1.93. The lowest BCUT2D eigenvalue weighted by molar-refractivity contribution is -0.114. The number of carbonyl (C=O) groups excluding carboxylic acids is 1. The highest BCUT2D eigenvalue weighted by molar-refractivity contribution is 5.93. The molecule has 4 atom stereocenters. The first-order chi connectivity index (χ1) is 14.1. The fraction of sp³-hybridized carbons (Fsp3) is 0.519. The predicted molar refractivity (Wildman–Crippen MR) is 117 cm³/mol. The standard InChI is InChI=1S/C27H32O2/c1-2-26-15-13-23-22-11-9-21(28)18-20(22)8-10-24(23)25(26)14-17-27(26,29)16-12-19-6-4-3-5-7-19/h3-7,12,16,18,24-25,29H,2,8-11,13-15,17H2,1H3/b16-12+/t24?,25?,26?,27-/m0/s1. The maximum Gasteiger partial charge on any atom is 0.156 e. The predicted octanol–water partition coefficient (Wildman–Crippen LogP) is 6.03. The molecule has 1 aromatic rings. The second-order valence-electron chi connectivity index (χ2n) is 9.61. The Balaban J connectivity index is 1.49. The largest absolute Gasteiger partial charge is 0.385 e. The van der Waals surface area contributed by atoms with E-state index in [2.05, 4.69) is 43.3 Å². The molecule has 0 saturated heterocycles. The molecule has 1 N–H and O–H groups in total. The molecule has 0 bridgehead atoms. The molecular formula is C27H32O2. The molecule has 1 aromatic carbocycles. The van der Waals surface area contributed by atoms with Gasteiger partial charge in [-0.25, -0.2) is 0 Å². The van der Waals surface area contributed by atoms with Crippen LogP contribution in [0.5, 0.6) is 0 Å². The first kappa shape index (κ1) is 19.1. The van der Waals surface area contributed by atoms with Crippen molar-refractivity contribution in [1.29, 1.82) is 0 Å². The molecule has 0 aromatic heterocycles. The van der Waals surface area contributed by atoms with Crippen LogP contribution in [0.15, 0.2) is 59.2 Å². The van der Waals surface area contributed by atoms with Crippen LogP contribution in [0.4, 0.5) is 0 Å². The highest BCUT2D eigenvalue weighted by atomic mass is 16.3. The topological polar surface area (TPSA) is 37.3 Å². The number of fused-ring (bicyclic) bond motifs is 4. The summed E-state index contributed by atoms with van der Waals surface area (Å²) in [5.41, 5.74) is 4.92. The number of carbonyl (C=O) groups is 1. The van der Waals surface area contributed by atoms with Gasteiger partial charge in [-0.1, -0.05) is 55.0 Å². The molecule has 29 heavy (non-hydrogen) atoms. The van der Waals surface area contributed by atoms with E-state index in [1.54, 1.807) is 5.57 Å². The molecule has 5 rings (SSSR count). The Bertz CT molecular complexity index is 906. The number of allylic oxidation sites excluding steroid dienone is 4. The molecule has 0 spiro atoms. The molecule has 3 unspecified atom stereocenters. The van der Waals surface area contributed by atoms with Crippen LogP contribution in [0.25, 0.3) is 6.08 Å². The van der Waals surface area contributed by atoms with Gasteiger partial charge >= 0.3 is 0 Å². The number of rotatable bonds is 3. The summed E-state index contributed by atoms with van der Waals surface area (Å²) < 4.78 is 0. The number of ketones is 1. The fourth-order valence-corrected chi connectivity index (χ4v) is 7.20. The quantitative estimate of drug-likeness (QED) is 0.687. The summed E-state index contributed by atoms with van der Waals surface area (Å²) in [5, 5.41) is 11.9. The van der Waals surface area contributed by atoms with Crippen molar-refractivity contribution >= 4 is 11.9 Å². The van der Waals surface area contributed by atoms with E-state index >= 15 is 0 Å². The smallest absolute Gasteiger partial charge is 0.156 e. The lowest BCUT2D eigenvalue weighted by Gasteiger charge is -2.52. The van der Waals surface area contributed by atoms with Gasteiger partial charge in [0.2, 0.25) is 0 Å². The van der Waals surface area contributed by atoms with Crippen molar-refractivity contribution in [2.45, 2.75) is 70.3 Å². The summed E-state index contributed by atoms with van der Waals surface area (Å²) >= 11 is 0. The maximum absolute atomic E-state index is 11.9. The molecule has 0 amide bonds. The summed E-state index contributed by atoms with van der Waals surface area (Å²) in [6.07, 6.45) is 15.2. The molecule has 0 radical (unpaired) electrons. The molecule has 2 nitrogen and oxygen atoms in total. The van der Waals surface area contributed by atoms with E-state index in [9.17, 15) is 9.90 Å². The van der Waals surface area contributed by atoms with Gasteiger partial charge in [0, 0.05) is 11.8 Å². The van der Waals surface area contributed by atoms with Gasteiger partial charge in [-0.3, -0.25) is 4.79 Å². The van der Waals surface area contributed by atoms with E-state index in [4.69, 9.17) is 0 Å². The average molecular weight is 389 g/mol. The van der Waals surface area contributed by atoms with Crippen molar-refractivity contribution in [1.82, 2.24) is 0 Å². The van der Waals surface area contributed by atoms with Gasteiger partial charge in [-0.2, -0.15) is 0 Å². The minimum Gasteiger partial charge on any atom is -0.385 e. The highest BCUT2D eigenvalue weighted by Crippen LogP contribution is 2.65. The van der Waals surface area contributed by atoms with Gasteiger partial charge in [0.05, 0.1) is 5.60 Å². The van der Waals surface area contributed by atoms with Crippen LogP contribution >= 0.6 is 0 Å². The van der Waals surface area contributed by atoms with Crippen molar-refractivity contribution in [2.24, 2.45) is 17.3 Å². The zero-order chi connectivity index (χ0) is 20.1. The Kier molecular flexibility index (Phi) is 4.66. The first-order valence-electron chi connectivity index (χ1n) is 11.5. The Morgan fingerprint density at radius 2 is 1.90 bits per heavy atom. The molecule has 0 heterocycles. The number of hydrogen-bond acceptors (Lipinski definition) is 2. The van der Waals surface area contributed by atoms with E-state index in [-0.39, 0.29) is 5.41 Å². The van der Waals surface area contributed by atoms with Gasteiger partial charge in [-0.15, -0.1) is 0 Å². The van der Waals surface area contributed by atoms with E-state index in [0.717, 1.165) is 56.9 Å². The number of aliphatic hydroxyl groups is 1. The molecule has 2 fully saturated rings. The minimum atomic E-state index is -0.711. The minimum absolute atomic E-state index is 0.0152. The van der Waals surface area contributed by atoms with Crippen LogP contribution in [-0.4, -0.2) is 16.5 Å². The lowest BCUT2D eigenvalue weighted by Crippen LogP contribution is -2.50.